The Morgan fingerprint density at radius 2 is 1.89 bits per heavy atom. The molecule has 0 N–H and O–H groups in total. The highest BCUT2D eigenvalue weighted by Crippen LogP contribution is 2.25. The maximum absolute atomic E-state index is 11.6. The highest BCUT2D eigenvalue weighted by atomic mass is 16.5. The largest absolute Gasteiger partial charge is 0.494 e. The molecule has 0 aliphatic heterocycles. The summed E-state index contributed by atoms with van der Waals surface area (Å²) in [4.78, 5) is 23.3. The van der Waals surface area contributed by atoms with Crippen LogP contribution in [0, 0.1) is 0 Å². The van der Waals surface area contributed by atoms with E-state index in [4.69, 9.17) is 4.74 Å². The predicted molar refractivity (Wildman–Crippen MR) is 73.5 cm³/mol. The Kier molecular flexibility index (Phi) is 3.69. The Balaban J connectivity index is 2.50. The van der Waals surface area contributed by atoms with Gasteiger partial charge in [0.1, 0.15) is 11.8 Å². The van der Waals surface area contributed by atoms with Gasteiger partial charge in [-0.2, -0.15) is 0 Å². The summed E-state index contributed by atoms with van der Waals surface area (Å²) in [6.07, 6.45) is 1.77. The monoisotopic (exact) mass is 259 g/mol. The molecule has 0 saturated carbocycles. The number of ketones is 2. The molecule has 0 amide bonds. The summed E-state index contributed by atoms with van der Waals surface area (Å²) in [5, 5.41) is 0.957. The third-order valence-corrected chi connectivity index (χ3v) is 3.05. The van der Waals surface area contributed by atoms with E-state index in [-0.39, 0.29) is 11.6 Å². The van der Waals surface area contributed by atoms with Crippen molar-refractivity contribution >= 4 is 22.5 Å². The van der Waals surface area contributed by atoms with Crippen molar-refractivity contribution in [1.82, 2.24) is 4.57 Å². The fraction of sp³-hybridized carbons (Fsp3) is 0.333. The second-order valence-electron chi connectivity index (χ2n) is 4.50. The third kappa shape index (κ3) is 2.52. The number of hydrogen-bond acceptors (Lipinski definition) is 3. The topological polar surface area (TPSA) is 48.3 Å². The van der Waals surface area contributed by atoms with E-state index < -0.39 is 6.04 Å². The van der Waals surface area contributed by atoms with Crippen molar-refractivity contribution in [1.29, 1.82) is 0 Å². The van der Waals surface area contributed by atoms with Gasteiger partial charge in [0.2, 0.25) is 0 Å². The third-order valence-electron chi connectivity index (χ3n) is 3.05. The van der Waals surface area contributed by atoms with Gasteiger partial charge in [-0.1, -0.05) is 0 Å². The van der Waals surface area contributed by atoms with Crippen LogP contribution in [-0.4, -0.2) is 22.7 Å². The Labute approximate surface area is 112 Å². The zero-order valence-corrected chi connectivity index (χ0v) is 11.3. The highest BCUT2D eigenvalue weighted by Gasteiger charge is 2.22. The van der Waals surface area contributed by atoms with E-state index in [0.717, 1.165) is 16.7 Å². The normalized spacial score (nSPS) is 10.9. The Hall–Kier alpha value is -2.10. The van der Waals surface area contributed by atoms with Gasteiger partial charge in [-0.05, 0) is 45.0 Å². The SMILES string of the molecule is CCOc1ccc2c(ccn2C(C(C)=O)C(C)=O)c1. The number of aromatic nitrogens is 1. The molecule has 2 aromatic rings. The molecule has 0 radical (unpaired) electrons. The quantitative estimate of drug-likeness (QED) is 0.776. The molecule has 4 heteroatoms. The molecule has 1 aromatic carbocycles. The summed E-state index contributed by atoms with van der Waals surface area (Å²) in [6.45, 7) is 5.41. The van der Waals surface area contributed by atoms with E-state index in [1.54, 1.807) is 10.8 Å². The van der Waals surface area contributed by atoms with E-state index in [1.807, 2.05) is 31.2 Å². The summed E-state index contributed by atoms with van der Waals surface area (Å²) in [5.74, 6) is 0.479. The van der Waals surface area contributed by atoms with Crippen molar-refractivity contribution in [2.24, 2.45) is 0 Å². The number of benzene rings is 1. The minimum absolute atomic E-state index is 0.154. The Morgan fingerprint density at radius 1 is 1.21 bits per heavy atom. The molecule has 100 valence electrons. The zero-order valence-electron chi connectivity index (χ0n) is 11.3. The number of Topliss-reactive ketones (excluding diaryl/α,β-unsaturated/α-hetero) is 2. The molecular formula is C15H17NO3. The van der Waals surface area contributed by atoms with Crippen molar-refractivity contribution < 1.29 is 14.3 Å². The molecule has 4 nitrogen and oxygen atoms in total. The average molecular weight is 259 g/mol. The predicted octanol–water partition coefficient (Wildman–Crippen LogP) is 2.76. The number of nitrogens with zero attached hydrogens (tertiary/aromatic N) is 1. The smallest absolute Gasteiger partial charge is 0.160 e. The number of ether oxygens (including phenoxy) is 1. The minimum Gasteiger partial charge on any atom is -0.494 e. The maximum Gasteiger partial charge on any atom is 0.160 e. The first-order valence-corrected chi connectivity index (χ1v) is 6.29. The van der Waals surface area contributed by atoms with E-state index >= 15 is 0 Å². The van der Waals surface area contributed by atoms with Gasteiger partial charge in [0, 0.05) is 17.1 Å². The zero-order chi connectivity index (χ0) is 14.0. The lowest BCUT2D eigenvalue weighted by molar-refractivity contribution is -0.129. The van der Waals surface area contributed by atoms with Crippen LogP contribution < -0.4 is 4.74 Å². The summed E-state index contributed by atoms with van der Waals surface area (Å²) in [7, 11) is 0. The van der Waals surface area contributed by atoms with Crippen molar-refractivity contribution in [3.05, 3.63) is 30.5 Å². The number of fused-ring (bicyclic) bond motifs is 1. The molecule has 0 atom stereocenters. The van der Waals surface area contributed by atoms with Crippen LogP contribution in [0.15, 0.2) is 30.5 Å². The van der Waals surface area contributed by atoms with Gasteiger partial charge >= 0.3 is 0 Å². The molecule has 0 fully saturated rings. The molecular weight excluding hydrogens is 242 g/mol. The fourth-order valence-corrected chi connectivity index (χ4v) is 2.30. The van der Waals surface area contributed by atoms with Gasteiger partial charge < -0.3 is 9.30 Å². The molecule has 0 spiro atoms. The first kappa shape index (κ1) is 13.3. The number of carbonyl (C=O) groups is 2. The van der Waals surface area contributed by atoms with Gasteiger partial charge in [-0.25, -0.2) is 0 Å². The van der Waals surface area contributed by atoms with Gasteiger partial charge in [0.05, 0.1) is 6.61 Å². The average Bonchev–Trinajstić information content (AvgIpc) is 2.72. The lowest BCUT2D eigenvalue weighted by atomic mass is 10.1. The fourth-order valence-electron chi connectivity index (χ4n) is 2.30. The molecule has 0 unspecified atom stereocenters. The van der Waals surface area contributed by atoms with Crippen LogP contribution >= 0.6 is 0 Å². The second-order valence-corrected chi connectivity index (χ2v) is 4.50. The number of hydrogen-bond donors (Lipinski definition) is 0. The lowest BCUT2D eigenvalue weighted by Gasteiger charge is -2.14. The van der Waals surface area contributed by atoms with Crippen LogP contribution in [0.3, 0.4) is 0 Å². The molecule has 1 heterocycles. The summed E-state index contributed by atoms with van der Waals surface area (Å²) in [5.41, 5.74) is 0.860. The molecule has 0 saturated heterocycles. The van der Waals surface area contributed by atoms with Gasteiger partial charge in [-0.3, -0.25) is 9.59 Å². The van der Waals surface area contributed by atoms with Crippen LogP contribution in [0.2, 0.25) is 0 Å². The molecule has 1 aromatic heterocycles. The Bertz CT molecular complexity index is 613. The highest BCUT2D eigenvalue weighted by molar-refractivity contribution is 6.03. The van der Waals surface area contributed by atoms with E-state index in [0.29, 0.717) is 6.61 Å². The van der Waals surface area contributed by atoms with Crippen molar-refractivity contribution in [3.8, 4) is 5.75 Å². The van der Waals surface area contributed by atoms with Crippen molar-refractivity contribution in [3.63, 3.8) is 0 Å². The van der Waals surface area contributed by atoms with Crippen LogP contribution in [0.4, 0.5) is 0 Å². The summed E-state index contributed by atoms with van der Waals surface area (Å²) >= 11 is 0. The lowest BCUT2D eigenvalue weighted by Crippen LogP contribution is -2.23. The van der Waals surface area contributed by atoms with E-state index in [9.17, 15) is 9.59 Å². The maximum atomic E-state index is 11.6. The number of rotatable bonds is 5. The van der Waals surface area contributed by atoms with Crippen LogP contribution in [0.1, 0.15) is 26.8 Å². The number of carbonyl (C=O) groups excluding carboxylic acids is 2. The van der Waals surface area contributed by atoms with E-state index in [1.165, 1.54) is 13.8 Å². The van der Waals surface area contributed by atoms with Crippen molar-refractivity contribution in [2.75, 3.05) is 6.61 Å². The van der Waals surface area contributed by atoms with Crippen LogP contribution in [0.25, 0.3) is 10.9 Å². The Morgan fingerprint density at radius 3 is 2.47 bits per heavy atom. The second kappa shape index (κ2) is 5.26. The first-order chi connectivity index (χ1) is 9.04. The molecule has 19 heavy (non-hydrogen) atoms. The minimum atomic E-state index is -0.740. The van der Waals surface area contributed by atoms with Gasteiger partial charge in [0.25, 0.3) is 0 Å². The first-order valence-electron chi connectivity index (χ1n) is 6.29. The van der Waals surface area contributed by atoms with E-state index in [2.05, 4.69) is 0 Å². The summed E-state index contributed by atoms with van der Waals surface area (Å²) < 4.78 is 7.15. The van der Waals surface area contributed by atoms with Crippen LogP contribution in [0.5, 0.6) is 5.75 Å². The summed E-state index contributed by atoms with van der Waals surface area (Å²) in [6, 6.07) is 6.78. The van der Waals surface area contributed by atoms with Crippen LogP contribution in [-0.2, 0) is 9.59 Å². The van der Waals surface area contributed by atoms with Gasteiger partial charge in [-0.15, -0.1) is 0 Å². The molecule has 2 rings (SSSR count). The van der Waals surface area contributed by atoms with Gasteiger partial charge in [0.15, 0.2) is 11.6 Å². The molecule has 0 aliphatic carbocycles. The standard InChI is InChI=1S/C15H17NO3/c1-4-19-13-5-6-14-12(9-13)7-8-16(14)15(10(2)17)11(3)18/h5-9,15H,4H2,1-3H3. The molecule has 0 bridgehead atoms. The molecule has 0 aliphatic rings. The van der Waals surface area contributed by atoms with Crippen molar-refractivity contribution in [2.45, 2.75) is 26.8 Å².